The zero-order valence-electron chi connectivity index (χ0n) is 8.83. The molecule has 2 aromatic rings. The van der Waals surface area contributed by atoms with Crippen molar-refractivity contribution in [1.29, 1.82) is 0 Å². The van der Waals surface area contributed by atoms with Crippen LogP contribution in [0.1, 0.15) is 0 Å². The topological polar surface area (TPSA) is 75.4 Å². The molecule has 0 saturated heterocycles. The van der Waals surface area contributed by atoms with Crippen LogP contribution >= 0.6 is 0 Å². The molecule has 0 aliphatic heterocycles. The highest BCUT2D eigenvalue weighted by Crippen LogP contribution is 2.30. The van der Waals surface area contributed by atoms with Gasteiger partial charge in [0.1, 0.15) is 5.75 Å². The highest BCUT2D eigenvalue weighted by atomic mass is 16.6. The summed E-state index contributed by atoms with van der Waals surface area (Å²) < 4.78 is 0. The monoisotopic (exact) mass is 230 g/mol. The minimum atomic E-state index is -0.550. The summed E-state index contributed by atoms with van der Waals surface area (Å²) in [5.74, 6) is -0.150. The number of hydrogen-bond acceptors (Lipinski definition) is 4. The Morgan fingerprint density at radius 2 is 1.82 bits per heavy atom. The Hall–Kier alpha value is -2.56. The molecule has 5 heteroatoms. The zero-order valence-corrected chi connectivity index (χ0v) is 8.83. The molecule has 2 aromatic carbocycles. The highest BCUT2D eigenvalue weighted by Gasteiger charge is 2.09. The third-order valence-electron chi connectivity index (χ3n) is 2.24. The SMILES string of the molecule is O=[N+]([O-])c1ccc(Nc2ccccc2)c(O)c1. The van der Waals surface area contributed by atoms with Crippen molar-refractivity contribution >= 4 is 17.1 Å². The number of nitro groups is 1. The van der Waals surface area contributed by atoms with Crippen LogP contribution in [0, 0.1) is 10.1 Å². The Morgan fingerprint density at radius 1 is 1.12 bits per heavy atom. The number of benzene rings is 2. The lowest BCUT2D eigenvalue weighted by Crippen LogP contribution is -1.92. The number of nitrogens with one attached hydrogen (secondary N) is 1. The number of phenols is 1. The highest BCUT2D eigenvalue weighted by molar-refractivity contribution is 5.67. The van der Waals surface area contributed by atoms with E-state index in [0.717, 1.165) is 11.8 Å². The van der Waals surface area contributed by atoms with Crippen molar-refractivity contribution in [1.82, 2.24) is 0 Å². The quantitative estimate of drug-likeness (QED) is 0.482. The van der Waals surface area contributed by atoms with Gasteiger partial charge in [-0.3, -0.25) is 10.1 Å². The van der Waals surface area contributed by atoms with E-state index in [0.29, 0.717) is 5.69 Å². The first kappa shape index (κ1) is 10.9. The summed E-state index contributed by atoms with van der Waals surface area (Å²) in [4.78, 5) is 9.95. The lowest BCUT2D eigenvalue weighted by molar-refractivity contribution is -0.384. The van der Waals surface area contributed by atoms with Gasteiger partial charge in [0.05, 0.1) is 16.7 Å². The molecule has 0 radical (unpaired) electrons. The third-order valence-corrected chi connectivity index (χ3v) is 2.24. The molecule has 0 amide bonds. The second kappa shape index (κ2) is 4.52. The summed E-state index contributed by atoms with van der Waals surface area (Å²) in [6.45, 7) is 0. The van der Waals surface area contributed by atoms with Crippen LogP contribution in [0.2, 0.25) is 0 Å². The summed E-state index contributed by atoms with van der Waals surface area (Å²) in [5, 5.41) is 23.1. The first-order valence-corrected chi connectivity index (χ1v) is 4.96. The summed E-state index contributed by atoms with van der Waals surface area (Å²) in [6.07, 6.45) is 0. The summed E-state index contributed by atoms with van der Waals surface area (Å²) >= 11 is 0. The van der Waals surface area contributed by atoms with Crippen molar-refractivity contribution in [2.24, 2.45) is 0 Å². The van der Waals surface area contributed by atoms with E-state index in [1.165, 1.54) is 12.1 Å². The van der Waals surface area contributed by atoms with Crippen LogP contribution in [0.3, 0.4) is 0 Å². The molecular weight excluding hydrogens is 220 g/mol. The van der Waals surface area contributed by atoms with Gasteiger partial charge >= 0.3 is 0 Å². The van der Waals surface area contributed by atoms with Crippen LogP contribution in [0.15, 0.2) is 48.5 Å². The Labute approximate surface area is 97.5 Å². The fourth-order valence-corrected chi connectivity index (χ4v) is 1.42. The van der Waals surface area contributed by atoms with Gasteiger partial charge in [-0.25, -0.2) is 0 Å². The fraction of sp³-hybridized carbons (Fsp3) is 0. The van der Waals surface area contributed by atoms with Crippen LogP contribution in [0.4, 0.5) is 17.1 Å². The summed E-state index contributed by atoms with van der Waals surface area (Å²) in [5.41, 5.74) is 1.10. The van der Waals surface area contributed by atoms with Crippen molar-refractivity contribution < 1.29 is 10.0 Å². The average molecular weight is 230 g/mol. The third kappa shape index (κ3) is 2.52. The van der Waals surface area contributed by atoms with Crippen molar-refractivity contribution in [2.75, 3.05) is 5.32 Å². The van der Waals surface area contributed by atoms with Gasteiger partial charge in [0, 0.05) is 11.8 Å². The molecule has 17 heavy (non-hydrogen) atoms. The second-order valence-electron chi connectivity index (χ2n) is 3.45. The number of hydrogen-bond donors (Lipinski definition) is 2. The first-order chi connectivity index (χ1) is 8.16. The Morgan fingerprint density at radius 3 is 2.41 bits per heavy atom. The minimum Gasteiger partial charge on any atom is -0.506 e. The molecule has 2 N–H and O–H groups in total. The zero-order chi connectivity index (χ0) is 12.3. The van der Waals surface area contributed by atoms with E-state index in [-0.39, 0.29) is 11.4 Å². The van der Waals surface area contributed by atoms with Crippen LogP contribution in [0.25, 0.3) is 0 Å². The van der Waals surface area contributed by atoms with Crippen LogP contribution in [-0.2, 0) is 0 Å². The smallest absolute Gasteiger partial charge is 0.273 e. The number of para-hydroxylation sites is 1. The van der Waals surface area contributed by atoms with Gasteiger partial charge in [0.15, 0.2) is 0 Å². The van der Waals surface area contributed by atoms with E-state index in [9.17, 15) is 15.2 Å². The molecule has 0 aromatic heterocycles. The van der Waals surface area contributed by atoms with E-state index < -0.39 is 4.92 Å². The number of non-ortho nitro benzene ring substituents is 1. The molecule has 0 aliphatic carbocycles. The normalized spacial score (nSPS) is 9.88. The molecule has 0 bridgehead atoms. The molecule has 0 unspecified atom stereocenters. The molecule has 0 aliphatic rings. The number of nitro benzene ring substituents is 1. The summed E-state index contributed by atoms with van der Waals surface area (Å²) in [6, 6.07) is 13.2. The van der Waals surface area contributed by atoms with Gasteiger partial charge in [-0.2, -0.15) is 0 Å². The first-order valence-electron chi connectivity index (χ1n) is 4.96. The second-order valence-corrected chi connectivity index (χ2v) is 3.45. The number of rotatable bonds is 3. The van der Waals surface area contributed by atoms with Gasteiger partial charge in [0.2, 0.25) is 0 Å². The molecule has 0 fully saturated rings. The van der Waals surface area contributed by atoms with Crippen LogP contribution in [0.5, 0.6) is 5.75 Å². The molecule has 0 atom stereocenters. The van der Waals surface area contributed by atoms with E-state index in [1.54, 1.807) is 0 Å². The Bertz CT molecular complexity index is 541. The molecular formula is C12H10N2O3. The molecule has 5 nitrogen and oxygen atoms in total. The predicted molar refractivity (Wildman–Crippen MR) is 64.5 cm³/mol. The predicted octanol–water partition coefficient (Wildman–Crippen LogP) is 3.04. The van der Waals surface area contributed by atoms with Gasteiger partial charge < -0.3 is 10.4 Å². The molecule has 0 spiro atoms. The van der Waals surface area contributed by atoms with E-state index in [4.69, 9.17) is 0 Å². The lowest BCUT2D eigenvalue weighted by Gasteiger charge is -2.07. The largest absolute Gasteiger partial charge is 0.506 e. The molecule has 2 rings (SSSR count). The van der Waals surface area contributed by atoms with Gasteiger partial charge in [-0.15, -0.1) is 0 Å². The van der Waals surface area contributed by atoms with Gasteiger partial charge in [-0.05, 0) is 18.2 Å². The fourth-order valence-electron chi connectivity index (χ4n) is 1.42. The van der Waals surface area contributed by atoms with Crippen molar-refractivity contribution in [3.63, 3.8) is 0 Å². The van der Waals surface area contributed by atoms with Crippen molar-refractivity contribution in [3.8, 4) is 5.75 Å². The van der Waals surface area contributed by atoms with Crippen LogP contribution in [-0.4, -0.2) is 10.0 Å². The van der Waals surface area contributed by atoms with Crippen molar-refractivity contribution in [3.05, 3.63) is 58.6 Å². The standard InChI is InChI=1S/C12H10N2O3/c15-12-8-10(14(16)17)6-7-11(12)13-9-4-2-1-3-5-9/h1-8,13,15H. The summed E-state index contributed by atoms with van der Waals surface area (Å²) in [7, 11) is 0. The van der Waals surface area contributed by atoms with E-state index >= 15 is 0 Å². The average Bonchev–Trinajstić information content (AvgIpc) is 2.33. The van der Waals surface area contributed by atoms with Gasteiger partial charge in [-0.1, -0.05) is 18.2 Å². The maximum atomic E-state index is 10.5. The van der Waals surface area contributed by atoms with E-state index in [2.05, 4.69) is 5.32 Å². The number of phenolic OH excluding ortho intramolecular Hbond substituents is 1. The molecule has 0 saturated carbocycles. The van der Waals surface area contributed by atoms with Crippen LogP contribution < -0.4 is 5.32 Å². The molecule has 86 valence electrons. The van der Waals surface area contributed by atoms with E-state index in [1.807, 2.05) is 30.3 Å². The number of nitrogens with zero attached hydrogens (tertiary/aromatic N) is 1. The lowest BCUT2D eigenvalue weighted by atomic mass is 10.2. The van der Waals surface area contributed by atoms with Gasteiger partial charge in [0.25, 0.3) is 5.69 Å². The molecule has 0 heterocycles. The number of aromatic hydroxyl groups is 1. The Balaban J connectivity index is 2.26. The minimum absolute atomic E-state index is 0.138. The maximum Gasteiger partial charge on any atom is 0.273 e. The maximum absolute atomic E-state index is 10.5. The van der Waals surface area contributed by atoms with Crippen molar-refractivity contribution in [2.45, 2.75) is 0 Å². The number of anilines is 2. The Kier molecular flexibility index (Phi) is 2.91.